The Balaban J connectivity index is 0.000000158. The zero-order chi connectivity index (χ0) is 20.9. The fourth-order valence-electron chi connectivity index (χ4n) is 3.61. The molecule has 30 heavy (non-hydrogen) atoms. The van der Waals surface area contributed by atoms with Crippen LogP contribution in [-0.2, 0) is 0 Å². The van der Waals surface area contributed by atoms with Gasteiger partial charge in [-0.1, -0.05) is 98.8 Å². The summed E-state index contributed by atoms with van der Waals surface area (Å²) < 4.78 is 2.15. The van der Waals surface area contributed by atoms with Gasteiger partial charge >= 0.3 is 0 Å². The van der Waals surface area contributed by atoms with Crippen LogP contribution in [0, 0.1) is 0 Å². The summed E-state index contributed by atoms with van der Waals surface area (Å²) >= 11 is 1.70. The first-order chi connectivity index (χ1) is 14.6. The summed E-state index contributed by atoms with van der Waals surface area (Å²) in [7, 11) is 0. The molecule has 5 aromatic rings. The van der Waals surface area contributed by atoms with Crippen molar-refractivity contribution in [2.75, 3.05) is 0 Å². The summed E-state index contributed by atoms with van der Waals surface area (Å²) in [6, 6.07) is 34.8. The van der Waals surface area contributed by atoms with Gasteiger partial charge in [-0.25, -0.2) is 0 Å². The largest absolute Gasteiger partial charge is 0.288 e. The molecule has 2 heteroatoms. The predicted octanol–water partition coefficient (Wildman–Crippen LogP) is 7.89. The van der Waals surface area contributed by atoms with E-state index in [9.17, 15) is 4.79 Å². The number of hydrogen-bond acceptors (Lipinski definition) is 2. The maximum atomic E-state index is 12.6. The van der Waals surface area contributed by atoms with Crippen LogP contribution in [0.3, 0.4) is 0 Å². The lowest BCUT2D eigenvalue weighted by Crippen LogP contribution is -2.05. The molecule has 0 aliphatic carbocycles. The van der Waals surface area contributed by atoms with Crippen LogP contribution in [0.25, 0.3) is 31.3 Å². The molecule has 0 aliphatic heterocycles. The molecule has 0 fully saturated rings. The molecule has 1 heterocycles. The quantitative estimate of drug-likeness (QED) is 0.271. The fraction of sp³-hybridized carbons (Fsp3) is 0.107. The van der Waals surface area contributed by atoms with Gasteiger partial charge in [-0.3, -0.25) is 4.79 Å². The Morgan fingerprint density at radius 1 is 0.600 bits per heavy atom. The van der Waals surface area contributed by atoms with Crippen LogP contribution in [0.15, 0.2) is 108 Å². The second-order valence-corrected chi connectivity index (χ2v) is 8.62. The van der Waals surface area contributed by atoms with Gasteiger partial charge in [0.1, 0.15) is 0 Å². The van der Waals surface area contributed by atoms with Gasteiger partial charge in [0, 0.05) is 20.2 Å². The van der Waals surface area contributed by atoms with Crippen molar-refractivity contribution in [1.29, 1.82) is 0 Å². The van der Waals surface area contributed by atoms with E-state index in [1.807, 2.05) is 48.5 Å². The summed E-state index contributed by atoms with van der Waals surface area (Å²) in [5.41, 5.74) is 3.87. The molecule has 0 spiro atoms. The number of rotatable bonds is 2. The van der Waals surface area contributed by atoms with E-state index >= 15 is 0 Å². The molecule has 1 aromatic heterocycles. The summed E-state index contributed by atoms with van der Waals surface area (Å²) in [5.74, 6) is 0.370. The van der Waals surface area contributed by atoms with Crippen LogP contribution in [-0.4, -0.2) is 0 Å². The summed E-state index contributed by atoms with van der Waals surface area (Å²) in [6.07, 6.45) is 0. The Morgan fingerprint density at radius 2 is 1.13 bits per heavy atom. The van der Waals surface area contributed by atoms with Gasteiger partial charge < -0.3 is 0 Å². The highest BCUT2D eigenvalue weighted by Gasteiger charge is 2.11. The van der Waals surface area contributed by atoms with Crippen LogP contribution < -0.4 is 5.43 Å². The van der Waals surface area contributed by atoms with E-state index in [0.29, 0.717) is 5.92 Å². The minimum absolute atomic E-state index is 0.170. The van der Waals surface area contributed by atoms with Crippen molar-refractivity contribution in [3.05, 3.63) is 119 Å². The average Bonchev–Trinajstić information content (AvgIpc) is 2.80. The van der Waals surface area contributed by atoms with Gasteiger partial charge in [0.15, 0.2) is 5.43 Å². The lowest BCUT2D eigenvalue weighted by Gasteiger charge is -2.09. The zero-order valence-corrected chi connectivity index (χ0v) is 18.0. The lowest BCUT2D eigenvalue weighted by atomic mass is 9.98. The summed E-state index contributed by atoms with van der Waals surface area (Å²) in [6.45, 7) is 4.27. The van der Waals surface area contributed by atoms with Crippen molar-refractivity contribution in [1.82, 2.24) is 0 Å². The van der Waals surface area contributed by atoms with Crippen molar-refractivity contribution in [3.8, 4) is 11.1 Å². The number of benzene rings is 4. The van der Waals surface area contributed by atoms with Crippen LogP contribution >= 0.6 is 11.3 Å². The van der Waals surface area contributed by atoms with Gasteiger partial charge in [-0.05, 0) is 40.8 Å². The van der Waals surface area contributed by atoms with Crippen molar-refractivity contribution >= 4 is 31.5 Å². The molecule has 0 saturated carbocycles. The maximum Gasteiger partial charge on any atom is 0.196 e. The minimum atomic E-state index is 0.170. The van der Waals surface area contributed by atoms with E-state index < -0.39 is 0 Å². The smallest absolute Gasteiger partial charge is 0.196 e. The van der Waals surface area contributed by atoms with Crippen LogP contribution in [0.2, 0.25) is 0 Å². The molecule has 0 aliphatic rings. The molecule has 0 atom stereocenters. The maximum absolute atomic E-state index is 12.6. The Hall–Kier alpha value is -3.23. The Kier molecular flexibility index (Phi) is 6.06. The van der Waals surface area contributed by atoms with Crippen LogP contribution in [0.4, 0.5) is 0 Å². The van der Waals surface area contributed by atoms with Gasteiger partial charge in [0.2, 0.25) is 0 Å². The van der Waals surface area contributed by atoms with E-state index in [-0.39, 0.29) is 5.43 Å². The van der Waals surface area contributed by atoms with E-state index in [4.69, 9.17) is 0 Å². The molecule has 0 unspecified atom stereocenters. The van der Waals surface area contributed by atoms with Crippen molar-refractivity contribution < 1.29 is 0 Å². The van der Waals surface area contributed by atoms with E-state index in [0.717, 1.165) is 25.7 Å². The highest BCUT2D eigenvalue weighted by molar-refractivity contribution is 7.24. The van der Waals surface area contributed by atoms with Crippen molar-refractivity contribution in [2.24, 2.45) is 0 Å². The predicted molar refractivity (Wildman–Crippen MR) is 132 cm³/mol. The number of hydrogen-bond donors (Lipinski definition) is 0. The molecule has 1 nitrogen and oxygen atoms in total. The number of fused-ring (bicyclic) bond motifs is 2. The molecule has 0 saturated heterocycles. The zero-order valence-electron chi connectivity index (χ0n) is 17.2. The third kappa shape index (κ3) is 4.19. The minimum Gasteiger partial charge on any atom is -0.288 e. The monoisotopic (exact) mass is 408 g/mol. The second kappa shape index (κ2) is 9.06. The first-order valence-electron chi connectivity index (χ1n) is 10.2. The first-order valence-corrected chi connectivity index (χ1v) is 11.0. The average molecular weight is 409 g/mol. The van der Waals surface area contributed by atoms with Crippen molar-refractivity contribution in [3.63, 3.8) is 0 Å². The Bertz CT molecular complexity index is 1280. The Labute approximate surface area is 181 Å². The van der Waals surface area contributed by atoms with E-state index in [1.54, 1.807) is 11.3 Å². The molecule has 0 radical (unpaired) electrons. The van der Waals surface area contributed by atoms with Crippen molar-refractivity contribution in [2.45, 2.75) is 19.8 Å². The molecule has 5 rings (SSSR count). The SMILES string of the molecule is CC(C)c1cccc2sc3ccccc3c(=O)c12.c1ccc(-c2ccccc2)cc1. The van der Waals surface area contributed by atoms with E-state index in [1.165, 1.54) is 11.1 Å². The highest BCUT2D eigenvalue weighted by atomic mass is 32.1. The molecular weight excluding hydrogens is 384 g/mol. The molecule has 0 amide bonds. The lowest BCUT2D eigenvalue weighted by molar-refractivity contribution is 0.876. The summed E-state index contributed by atoms with van der Waals surface area (Å²) in [5, 5.41) is 1.74. The van der Waals surface area contributed by atoms with Crippen LogP contribution in [0.1, 0.15) is 25.3 Å². The first kappa shape index (κ1) is 20.1. The van der Waals surface area contributed by atoms with Gasteiger partial charge in [0.05, 0.1) is 0 Å². The summed E-state index contributed by atoms with van der Waals surface area (Å²) in [4.78, 5) is 12.6. The van der Waals surface area contributed by atoms with Gasteiger partial charge in [0.25, 0.3) is 0 Å². The third-order valence-electron chi connectivity index (χ3n) is 5.14. The Morgan fingerprint density at radius 3 is 1.73 bits per heavy atom. The van der Waals surface area contributed by atoms with Crippen LogP contribution in [0.5, 0.6) is 0 Å². The fourth-order valence-corrected chi connectivity index (χ4v) is 4.73. The highest BCUT2D eigenvalue weighted by Crippen LogP contribution is 2.29. The molecule has 148 valence electrons. The molecule has 0 bridgehead atoms. The topological polar surface area (TPSA) is 17.1 Å². The van der Waals surface area contributed by atoms with E-state index in [2.05, 4.69) is 68.4 Å². The molecule has 0 N–H and O–H groups in total. The van der Waals surface area contributed by atoms with Gasteiger partial charge in [-0.15, -0.1) is 11.3 Å². The molecule has 4 aromatic carbocycles. The second-order valence-electron chi connectivity index (χ2n) is 7.53. The standard InChI is InChI=1S/C16H14OS.C12H10/c1-10(2)11-7-5-9-14-15(11)16(17)12-6-3-4-8-13(12)18-14;1-3-7-11(8-4-1)12-9-5-2-6-10-12/h3-10H,1-2H3;1-10H. The third-order valence-corrected chi connectivity index (χ3v) is 6.28. The normalized spacial score (nSPS) is 10.8. The molecular formula is C28H24OS. The van der Waals surface area contributed by atoms with Gasteiger partial charge in [-0.2, -0.15) is 0 Å².